The topological polar surface area (TPSA) is 46.9 Å². The van der Waals surface area contributed by atoms with E-state index in [1.54, 1.807) is 6.20 Å². The van der Waals surface area contributed by atoms with Gasteiger partial charge in [-0.1, -0.05) is 20.3 Å². The molecule has 0 bridgehead atoms. The molecule has 0 aromatic carbocycles. The molecule has 1 aromatic rings. The van der Waals surface area contributed by atoms with Crippen LogP contribution in [0.5, 0.6) is 0 Å². The Morgan fingerprint density at radius 3 is 2.81 bits per heavy atom. The van der Waals surface area contributed by atoms with Gasteiger partial charge in [0.2, 0.25) is 0 Å². The summed E-state index contributed by atoms with van der Waals surface area (Å²) in [5, 5.41) is 7.31. The summed E-state index contributed by atoms with van der Waals surface area (Å²) in [6, 6.07) is 0. The Hall–Kier alpha value is -0.840. The predicted octanol–water partition coefficient (Wildman–Crippen LogP) is 2.48. The van der Waals surface area contributed by atoms with E-state index < -0.39 is 0 Å². The number of aryl methyl sites for hydroxylation is 1. The van der Waals surface area contributed by atoms with Gasteiger partial charge in [-0.3, -0.25) is 4.79 Å². The molecule has 90 valence electrons. The number of hydrogen-bond donors (Lipinski definition) is 1. The Labute approximate surface area is 104 Å². The molecule has 1 atom stereocenters. The molecule has 0 spiro atoms. The van der Waals surface area contributed by atoms with Crippen LogP contribution in [-0.2, 0) is 6.54 Å². The van der Waals surface area contributed by atoms with Crippen molar-refractivity contribution in [1.29, 1.82) is 0 Å². The molecule has 1 heterocycles. The average Bonchev–Trinajstić information content (AvgIpc) is 2.30. The lowest BCUT2D eigenvalue weighted by Gasteiger charge is -2.12. The fourth-order valence-electron chi connectivity index (χ4n) is 1.24. The van der Waals surface area contributed by atoms with Crippen LogP contribution in [0, 0.1) is 5.92 Å². The van der Waals surface area contributed by atoms with Crippen LogP contribution in [0.3, 0.4) is 0 Å². The molecule has 0 aliphatic carbocycles. The summed E-state index contributed by atoms with van der Waals surface area (Å²) in [5.41, 5.74) is 0.687. The van der Waals surface area contributed by atoms with Crippen molar-refractivity contribution in [3.8, 4) is 0 Å². The van der Waals surface area contributed by atoms with Crippen LogP contribution in [0.15, 0.2) is 15.5 Å². The summed E-state index contributed by atoms with van der Waals surface area (Å²) in [4.78, 5) is 11.7. The molecular formula is C11H18BrN3O. The van der Waals surface area contributed by atoms with Gasteiger partial charge in [0.1, 0.15) is 4.47 Å². The van der Waals surface area contributed by atoms with Gasteiger partial charge < -0.3 is 5.32 Å². The van der Waals surface area contributed by atoms with Gasteiger partial charge in [0.05, 0.1) is 11.9 Å². The van der Waals surface area contributed by atoms with E-state index in [0.717, 1.165) is 18.7 Å². The molecule has 5 heteroatoms. The average molecular weight is 288 g/mol. The minimum atomic E-state index is -0.0864. The van der Waals surface area contributed by atoms with E-state index in [9.17, 15) is 4.79 Å². The Kier molecular flexibility index (Phi) is 4.99. The van der Waals surface area contributed by atoms with Crippen molar-refractivity contribution < 1.29 is 0 Å². The first-order valence-corrected chi connectivity index (χ1v) is 6.38. The Balaban J connectivity index is 2.83. The molecule has 0 amide bonds. The van der Waals surface area contributed by atoms with Crippen LogP contribution >= 0.6 is 15.9 Å². The van der Waals surface area contributed by atoms with Crippen LogP contribution in [0.4, 0.5) is 5.69 Å². The summed E-state index contributed by atoms with van der Waals surface area (Å²) in [7, 11) is 0. The highest BCUT2D eigenvalue weighted by molar-refractivity contribution is 9.10. The summed E-state index contributed by atoms with van der Waals surface area (Å²) < 4.78 is 1.99. The number of nitrogens with one attached hydrogen (secondary N) is 1. The van der Waals surface area contributed by atoms with Crippen LogP contribution in [0.2, 0.25) is 0 Å². The summed E-state index contributed by atoms with van der Waals surface area (Å²) in [6.07, 6.45) is 2.81. The zero-order chi connectivity index (χ0) is 12.1. The maximum absolute atomic E-state index is 11.7. The van der Waals surface area contributed by atoms with Crippen molar-refractivity contribution in [2.75, 3.05) is 11.9 Å². The van der Waals surface area contributed by atoms with Crippen molar-refractivity contribution in [3.05, 3.63) is 21.0 Å². The van der Waals surface area contributed by atoms with E-state index in [1.165, 1.54) is 4.68 Å². The van der Waals surface area contributed by atoms with Gasteiger partial charge in [0.25, 0.3) is 5.56 Å². The third-order valence-corrected chi connectivity index (χ3v) is 3.39. The third-order valence-electron chi connectivity index (χ3n) is 2.62. The lowest BCUT2D eigenvalue weighted by atomic mass is 10.1. The van der Waals surface area contributed by atoms with Crippen molar-refractivity contribution in [2.45, 2.75) is 33.7 Å². The van der Waals surface area contributed by atoms with E-state index in [1.807, 2.05) is 6.92 Å². The summed E-state index contributed by atoms with van der Waals surface area (Å²) in [6.45, 7) is 7.65. The van der Waals surface area contributed by atoms with Gasteiger partial charge in [-0.15, -0.1) is 0 Å². The van der Waals surface area contributed by atoms with Crippen molar-refractivity contribution >= 4 is 21.6 Å². The second-order valence-corrected chi connectivity index (χ2v) is 4.68. The molecule has 0 fully saturated rings. The Morgan fingerprint density at radius 1 is 1.56 bits per heavy atom. The molecule has 4 nitrogen and oxygen atoms in total. The van der Waals surface area contributed by atoms with Crippen molar-refractivity contribution in [2.24, 2.45) is 5.92 Å². The molecular weight excluding hydrogens is 270 g/mol. The maximum Gasteiger partial charge on any atom is 0.283 e. The normalized spacial score (nSPS) is 12.5. The molecule has 1 unspecified atom stereocenters. The standard InChI is InChI=1S/C11H18BrN3O/c1-4-8(3)6-13-9-7-14-15(5-2)11(16)10(9)12/h7-8,13H,4-6H2,1-3H3. The smallest absolute Gasteiger partial charge is 0.283 e. The zero-order valence-corrected chi connectivity index (χ0v) is 11.5. The molecule has 16 heavy (non-hydrogen) atoms. The van der Waals surface area contributed by atoms with Gasteiger partial charge in [0, 0.05) is 13.1 Å². The van der Waals surface area contributed by atoms with Crippen LogP contribution in [0.25, 0.3) is 0 Å². The number of anilines is 1. The van der Waals surface area contributed by atoms with Gasteiger partial charge >= 0.3 is 0 Å². The van der Waals surface area contributed by atoms with E-state index in [2.05, 4.69) is 40.2 Å². The molecule has 1 aromatic heterocycles. The number of nitrogens with zero attached hydrogens (tertiary/aromatic N) is 2. The first-order chi connectivity index (χ1) is 7.60. The number of halogens is 1. The quantitative estimate of drug-likeness (QED) is 0.905. The number of aromatic nitrogens is 2. The zero-order valence-electron chi connectivity index (χ0n) is 9.96. The van der Waals surface area contributed by atoms with Gasteiger partial charge in [-0.2, -0.15) is 5.10 Å². The Morgan fingerprint density at radius 2 is 2.25 bits per heavy atom. The maximum atomic E-state index is 11.7. The fourth-order valence-corrected chi connectivity index (χ4v) is 1.69. The second kappa shape index (κ2) is 6.03. The largest absolute Gasteiger partial charge is 0.382 e. The SMILES string of the molecule is CCC(C)CNc1cnn(CC)c(=O)c1Br. The van der Waals surface area contributed by atoms with Crippen molar-refractivity contribution in [1.82, 2.24) is 9.78 Å². The van der Waals surface area contributed by atoms with E-state index >= 15 is 0 Å². The summed E-state index contributed by atoms with van der Waals surface area (Å²) >= 11 is 3.31. The van der Waals surface area contributed by atoms with E-state index in [0.29, 0.717) is 16.9 Å². The van der Waals surface area contributed by atoms with Crippen molar-refractivity contribution in [3.63, 3.8) is 0 Å². The van der Waals surface area contributed by atoms with Gasteiger partial charge in [-0.25, -0.2) is 4.68 Å². The minimum absolute atomic E-state index is 0.0864. The van der Waals surface area contributed by atoms with E-state index in [4.69, 9.17) is 0 Å². The highest BCUT2D eigenvalue weighted by Gasteiger charge is 2.08. The molecule has 0 saturated carbocycles. The lowest BCUT2D eigenvalue weighted by Crippen LogP contribution is -2.24. The highest BCUT2D eigenvalue weighted by Crippen LogP contribution is 2.16. The monoisotopic (exact) mass is 287 g/mol. The molecule has 0 aliphatic rings. The first-order valence-electron chi connectivity index (χ1n) is 5.59. The molecule has 0 radical (unpaired) electrons. The lowest BCUT2D eigenvalue weighted by molar-refractivity contribution is 0.589. The second-order valence-electron chi connectivity index (χ2n) is 3.89. The molecule has 1 rings (SSSR count). The third kappa shape index (κ3) is 3.07. The molecule has 1 N–H and O–H groups in total. The minimum Gasteiger partial charge on any atom is -0.382 e. The first kappa shape index (κ1) is 13.2. The van der Waals surface area contributed by atoms with E-state index in [-0.39, 0.29) is 5.56 Å². The van der Waals surface area contributed by atoms with Gasteiger partial charge in [0.15, 0.2) is 0 Å². The molecule has 0 aliphatic heterocycles. The number of rotatable bonds is 5. The number of hydrogen-bond acceptors (Lipinski definition) is 3. The summed E-state index contributed by atoms with van der Waals surface area (Å²) in [5.74, 6) is 0.584. The van der Waals surface area contributed by atoms with Crippen LogP contribution in [-0.4, -0.2) is 16.3 Å². The van der Waals surface area contributed by atoms with Crippen LogP contribution in [0.1, 0.15) is 27.2 Å². The molecule has 0 saturated heterocycles. The predicted molar refractivity (Wildman–Crippen MR) is 69.8 cm³/mol. The van der Waals surface area contributed by atoms with Crippen LogP contribution < -0.4 is 10.9 Å². The van der Waals surface area contributed by atoms with Gasteiger partial charge in [-0.05, 0) is 28.8 Å². The fraction of sp³-hybridized carbons (Fsp3) is 0.636. The Bertz CT molecular complexity index is 403. The highest BCUT2D eigenvalue weighted by atomic mass is 79.9.